The molecule has 8 unspecified atom stereocenters. The van der Waals surface area contributed by atoms with Crippen molar-refractivity contribution < 1.29 is 73.9 Å². The standard InChI is InChI=1S/C57H62N4O15/c1-28-52(69)57(71,72)53(73-21-20-61-55(59)60)54(74-28)76-51-39-10-4-9-36(58)16-17-37(65)23-31-7-3-6-30(22-31)11-18-38-42(75-29(2)64)25-34(26-62)43-44(38)50(68)45(39)46(49(43)67)48(66)40(51)24-33-13-12-32-14-15-35-8-5-19-56(35,70)47(32)41(33)27-63/h3,6-7,11-13,18,22,25,27-28,35-37,52-54,62,65-66,69-72H,5,8,10,14-17,19-21,23-24,26,58H2,1-2H3,(H4,59,60,61). The van der Waals surface area contributed by atoms with Crippen molar-refractivity contribution >= 4 is 41.9 Å². The van der Waals surface area contributed by atoms with Gasteiger partial charge in [-0.25, -0.2) is 0 Å². The van der Waals surface area contributed by atoms with Crippen molar-refractivity contribution in [2.45, 2.75) is 133 Å². The van der Waals surface area contributed by atoms with Crippen LogP contribution < -0.4 is 26.7 Å². The average Bonchev–Trinajstić information content (AvgIpc) is 3.86. The van der Waals surface area contributed by atoms with Crippen LogP contribution in [0.2, 0.25) is 0 Å². The molecule has 2 fully saturated rings. The van der Waals surface area contributed by atoms with Crippen LogP contribution in [0.5, 0.6) is 17.2 Å². The number of aryl methyl sites for hydroxylation is 1. The number of aromatic hydroxyl groups is 1. The van der Waals surface area contributed by atoms with E-state index in [1.54, 1.807) is 30.3 Å². The molecule has 8 atom stereocenters. The van der Waals surface area contributed by atoms with Gasteiger partial charge < -0.3 is 71.9 Å². The monoisotopic (exact) mass is 1040 g/mol. The van der Waals surface area contributed by atoms with Crippen molar-refractivity contribution in [2.75, 3.05) is 13.2 Å². The van der Waals surface area contributed by atoms with Gasteiger partial charge in [0.1, 0.15) is 23.4 Å². The molecule has 0 amide bonds. The van der Waals surface area contributed by atoms with Gasteiger partial charge in [-0.15, -0.1) is 0 Å². The molecule has 9 rings (SSSR count). The predicted molar refractivity (Wildman–Crippen MR) is 275 cm³/mol. The lowest BCUT2D eigenvalue weighted by Crippen LogP contribution is -2.67. The second-order valence-electron chi connectivity index (χ2n) is 20.3. The van der Waals surface area contributed by atoms with Gasteiger partial charge in [0.05, 0.1) is 49.2 Å². The molecule has 5 aliphatic rings. The van der Waals surface area contributed by atoms with Crippen LogP contribution in [-0.4, -0.2) is 121 Å². The zero-order valence-corrected chi connectivity index (χ0v) is 42.1. The number of fused-ring (bicyclic) bond motifs is 5. The van der Waals surface area contributed by atoms with Crippen molar-refractivity contribution in [1.29, 1.82) is 0 Å². The first-order valence-corrected chi connectivity index (χ1v) is 25.4. The Balaban J connectivity index is 1.34. The number of ether oxygens (including phenoxy) is 4. The Morgan fingerprint density at radius 2 is 1.75 bits per heavy atom. The number of aliphatic hydroxyl groups excluding tert-OH is 3. The summed E-state index contributed by atoms with van der Waals surface area (Å²) in [4.78, 5) is 61.6. The third kappa shape index (κ3) is 10.0. The Morgan fingerprint density at radius 3 is 2.49 bits per heavy atom. The summed E-state index contributed by atoms with van der Waals surface area (Å²) in [5.41, 5.74) is 17.2. The summed E-state index contributed by atoms with van der Waals surface area (Å²) in [5, 5.41) is 81.7. The number of nitrogens with zero attached hydrogens (tertiary/aromatic N) is 1. The van der Waals surface area contributed by atoms with E-state index in [9.17, 15) is 45.3 Å². The summed E-state index contributed by atoms with van der Waals surface area (Å²) in [5.74, 6) is -1.53. The van der Waals surface area contributed by atoms with Gasteiger partial charge in [0, 0.05) is 58.7 Å². The minimum Gasteiger partial charge on any atom is -0.507 e. The van der Waals surface area contributed by atoms with Gasteiger partial charge in [0.2, 0.25) is 12.1 Å². The Hall–Kier alpha value is -6.83. The highest BCUT2D eigenvalue weighted by atomic mass is 16.7. The predicted octanol–water partition coefficient (Wildman–Crippen LogP) is 2.49. The highest BCUT2D eigenvalue weighted by molar-refractivity contribution is 6.32. The van der Waals surface area contributed by atoms with Crippen molar-refractivity contribution in [2.24, 2.45) is 28.1 Å². The molecular weight excluding hydrogens is 981 g/mol. The van der Waals surface area contributed by atoms with E-state index in [-0.39, 0.29) is 100 Å². The van der Waals surface area contributed by atoms with Crippen molar-refractivity contribution in [3.63, 3.8) is 0 Å². The summed E-state index contributed by atoms with van der Waals surface area (Å²) in [7, 11) is 0. The number of aliphatic imine (C=N–C) groups is 1. The maximum Gasteiger partial charge on any atom is 0.308 e. The summed E-state index contributed by atoms with van der Waals surface area (Å²) >= 11 is 0. The van der Waals surface area contributed by atoms with E-state index in [0.29, 0.717) is 36.7 Å². The quantitative estimate of drug-likeness (QED) is 0.0133. The number of ketones is 2. The third-order valence-corrected chi connectivity index (χ3v) is 15.3. The number of guanidine groups is 1. The summed E-state index contributed by atoms with van der Waals surface area (Å²) < 4.78 is 24.5. The fraction of sp³-hybridized carbons (Fsp3) is 0.421. The summed E-state index contributed by atoms with van der Waals surface area (Å²) in [6.07, 6.45) is -1.30. The van der Waals surface area contributed by atoms with Crippen LogP contribution in [0.4, 0.5) is 0 Å². The van der Waals surface area contributed by atoms with Crippen molar-refractivity contribution in [1.82, 2.24) is 0 Å². The minimum atomic E-state index is -3.10. The molecule has 4 aromatic carbocycles. The van der Waals surface area contributed by atoms with Gasteiger partial charge in [-0.05, 0) is 110 Å². The fourth-order valence-electron chi connectivity index (χ4n) is 11.7. The first kappa shape index (κ1) is 54.0. The topological polar surface area (TPSA) is 337 Å². The zero-order chi connectivity index (χ0) is 54.4. The number of nitrogens with two attached hydrogens (primary N) is 3. The molecule has 4 aromatic rings. The number of carbonyl (C=O) groups is 4. The van der Waals surface area contributed by atoms with Gasteiger partial charge in [0.25, 0.3) is 0 Å². The number of hydrogen-bond donors (Lipinski definition) is 10. The van der Waals surface area contributed by atoms with E-state index in [0.717, 1.165) is 30.9 Å². The average molecular weight is 1040 g/mol. The maximum atomic E-state index is 15.9. The molecule has 1 aliphatic heterocycles. The number of phenolic OH excluding ortho intramolecular Hbond substituents is 1. The number of phenols is 1. The van der Waals surface area contributed by atoms with Gasteiger partial charge in [-0.1, -0.05) is 54.3 Å². The molecule has 19 heteroatoms. The molecule has 0 spiro atoms. The van der Waals surface area contributed by atoms with Crippen LogP contribution in [0, 0.1) is 17.8 Å². The number of benzene rings is 4. The van der Waals surface area contributed by atoms with Gasteiger partial charge in [0.15, 0.2) is 29.9 Å². The molecule has 0 aromatic heterocycles. The maximum absolute atomic E-state index is 15.9. The highest BCUT2D eigenvalue weighted by Gasteiger charge is 2.56. The lowest BCUT2D eigenvalue weighted by Gasteiger charge is -2.46. The molecule has 0 radical (unpaired) electrons. The number of aldehydes is 1. The second-order valence-corrected chi connectivity index (χ2v) is 20.3. The Morgan fingerprint density at radius 1 is 0.974 bits per heavy atom. The number of rotatable bonds is 11. The SMILES string of the molecule is CC(=O)Oc1cc(CO)c2c3c1C=Cc1cccc(c1)CC(O)CCC(N)C#CCc1c(OC4OC(C)C(O)C(O)(O)C4OCCN=C(N)N)c(Cc4ccc5c(c4C=O)C4(O)CCCC4CC5)c(O)c(c1C3=O)C2=O. The Bertz CT molecular complexity index is 3130. The Kier molecular flexibility index (Phi) is 15.4. The van der Waals surface area contributed by atoms with E-state index in [1.165, 1.54) is 19.1 Å². The third-order valence-electron chi connectivity index (χ3n) is 15.3. The molecular formula is C57H62N4O15. The van der Waals surface area contributed by atoms with Gasteiger partial charge >= 0.3 is 5.97 Å². The highest BCUT2D eigenvalue weighted by Crippen LogP contribution is 2.53. The zero-order valence-electron chi connectivity index (χ0n) is 42.1. The second kappa shape index (κ2) is 21.7. The summed E-state index contributed by atoms with van der Waals surface area (Å²) in [6, 6.07) is 11.1. The molecule has 76 heavy (non-hydrogen) atoms. The molecule has 4 aliphatic carbocycles. The van der Waals surface area contributed by atoms with Crippen LogP contribution in [0.25, 0.3) is 12.2 Å². The van der Waals surface area contributed by atoms with E-state index in [4.69, 9.17) is 36.1 Å². The molecule has 19 nitrogen and oxygen atoms in total. The van der Waals surface area contributed by atoms with Crippen LogP contribution in [0.15, 0.2) is 47.5 Å². The van der Waals surface area contributed by atoms with Gasteiger partial charge in [-0.3, -0.25) is 24.2 Å². The van der Waals surface area contributed by atoms with E-state index in [2.05, 4.69) is 16.8 Å². The number of esters is 1. The largest absolute Gasteiger partial charge is 0.507 e. The minimum absolute atomic E-state index is 0.0473. The van der Waals surface area contributed by atoms with Crippen LogP contribution >= 0.6 is 0 Å². The molecule has 1 saturated heterocycles. The number of carbonyl (C=O) groups excluding carboxylic acids is 4. The van der Waals surface area contributed by atoms with Crippen molar-refractivity contribution in [3.8, 4) is 29.1 Å². The molecule has 1 saturated carbocycles. The van der Waals surface area contributed by atoms with Crippen LogP contribution in [-0.2, 0) is 52.2 Å². The lowest BCUT2D eigenvalue weighted by atomic mass is 9.70. The smallest absolute Gasteiger partial charge is 0.308 e. The first-order valence-electron chi connectivity index (χ1n) is 25.4. The molecule has 1 heterocycles. The van der Waals surface area contributed by atoms with Gasteiger partial charge in [-0.2, -0.15) is 0 Å². The van der Waals surface area contributed by atoms with Crippen LogP contribution in [0.3, 0.4) is 0 Å². The van der Waals surface area contributed by atoms with Crippen molar-refractivity contribution in [3.05, 3.63) is 120 Å². The molecule has 13 N–H and O–H groups in total. The fourth-order valence-corrected chi connectivity index (χ4v) is 11.7. The van der Waals surface area contributed by atoms with E-state index < -0.39 is 102 Å². The van der Waals surface area contributed by atoms with E-state index >= 15 is 9.59 Å². The number of hydrogen-bond acceptors (Lipinski definition) is 17. The lowest BCUT2D eigenvalue weighted by molar-refractivity contribution is -0.378. The van der Waals surface area contributed by atoms with Crippen LogP contribution in [0.1, 0.15) is 145 Å². The normalized spacial score (nSPS) is 25.5. The summed E-state index contributed by atoms with van der Waals surface area (Å²) in [6.45, 7) is 1.07. The Labute approximate surface area is 438 Å². The first-order chi connectivity index (χ1) is 36.3. The number of aliphatic hydroxyl groups is 6. The molecule has 4 bridgehead atoms. The van der Waals surface area contributed by atoms with E-state index in [1.807, 2.05) is 12.1 Å². The molecule has 400 valence electrons.